The summed E-state index contributed by atoms with van der Waals surface area (Å²) in [5.74, 6) is -0.332. The van der Waals surface area contributed by atoms with Crippen LogP contribution < -0.4 is 15.8 Å². The molecule has 1 unspecified atom stereocenters. The van der Waals surface area contributed by atoms with Gasteiger partial charge in [-0.05, 0) is 52.3 Å². The number of ether oxygens (including phenoxy) is 1. The van der Waals surface area contributed by atoms with Gasteiger partial charge < -0.3 is 15.8 Å². The SMILES string of the molecule is CC(C)(C)N.Cc1cncc(C(=O)NC(C)c2cccc(OCC(F)(F)F)c2)n1. The molecule has 9 heteroatoms. The molecule has 1 aromatic heterocycles. The predicted octanol–water partition coefficient (Wildman–Crippen LogP) is 3.96. The number of nitrogens with one attached hydrogen (secondary N) is 1. The number of benzene rings is 1. The molecular weight excluding hydrogens is 385 g/mol. The second-order valence-electron chi connectivity index (χ2n) is 7.58. The van der Waals surface area contributed by atoms with Crippen LogP contribution in [0.1, 0.15) is 55.5 Å². The standard InChI is InChI=1S/C16H16F3N3O2.C4H11N/c1-10-7-20-8-14(21-10)15(23)22-11(2)12-4-3-5-13(6-12)24-9-16(17,18)19;1-4(2,3)5/h3-8,11H,9H2,1-2H3,(H,22,23);5H2,1-3H3. The van der Waals surface area contributed by atoms with Crippen LogP contribution in [0.15, 0.2) is 36.7 Å². The minimum atomic E-state index is -4.40. The molecule has 0 aliphatic heterocycles. The molecule has 0 aliphatic rings. The van der Waals surface area contributed by atoms with Crippen LogP contribution in [0, 0.1) is 6.92 Å². The van der Waals surface area contributed by atoms with E-state index < -0.39 is 24.7 Å². The van der Waals surface area contributed by atoms with Crippen LogP contribution in [-0.2, 0) is 0 Å². The lowest BCUT2D eigenvalue weighted by Gasteiger charge is -2.16. The Balaban J connectivity index is 0.000000749. The fraction of sp³-hybridized carbons (Fsp3) is 0.450. The number of nitrogens with two attached hydrogens (primary N) is 1. The van der Waals surface area contributed by atoms with E-state index in [1.54, 1.807) is 26.0 Å². The highest BCUT2D eigenvalue weighted by Gasteiger charge is 2.28. The largest absolute Gasteiger partial charge is 0.484 e. The van der Waals surface area contributed by atoms with Gasteiger partial charge in [0.05, 0.1) is 17.9 Å². The van der Waals surface area contributed by atoms with Gasteiger partial charge in [-0.2, -0.15) is 13.2 Å². The number of rotatable bonds is 5. The molecule has 1 aromatic carbocycles. The summed E-state index contributed by atoms with van der Waals surface area (Å²) in [6.45, 7) is 7.96. The minimum Gasteiger partial charge on any atom is -0.484 e. The molecule has 1 atom stereocenters. The van der Waals surface area contributed by atoms with Crippen LogP contribution in [0.5, 0.6) is 5.75 Å². The molecule has 0 spiro atoms. The first kappa shape index (κ1) is 24.4. The van der Waals surface area contributed by atoms with Crippen molar-refractivity contribution in [1.82, 2.24) is 15.3 Å². The van der Waals surface area contributed by atoms with Crippen LogP contribution in [0.2, 0.25) is 0 Å². The molecular formula is C20H27F3N4O2. The maximum atomic E-state index is 12.2. The number of nitrogens with zero attached hydrogens (tertiary/aromatic N) is 2. The first-order valence-electron chi connectivity index (χ1n) is 8.92. The molecule has 2 aromatic rings. The quantitative estimate of drug-likeness (QED) is 0.776. The summed E-state index contributed by atoms with van der Waals surface area (Å²) in [4.78, 5) is 20.1. The van der Waals surface area contributed by atoms with Crippen LogP contribution in [0.25, 0.3) is 0 Å². The van der Waals surface area contributed by atoms with Crippen molar-refractivity contribution in [1.29, 1.82) is 0 Å². The maximum Gasteiger partial charge on any atom is 0.422 e. The van der Waals surface area contributed by atoms with Gasteiger partial charge in [0.15, 0.2) is 6.61 Å². The Morgan fingerprint density at radius 3 is 2.41 bits per heavy atom. The molecule has 6 nitrogen and oxygen atoms in total. The average molecular weight is 412 g/mol. The van der Waals surface area contributed by atoms with Gasteiger partial charge in [-0.3, -0.25) is 9.78 Å². The summed E-state index contributed by atoms with van der Waals surface area (Å²) in [5, 5.41) is 2.72. The van der Waals surface area contributed by atoms with Gasteiger partial charge in [0.2, 0.25) is 0 Å². The average Bonchev–Trinajstić information content (AvgIpc) is 2.58. The van der Waals surface area contributed by atoms with Crippen LogP contribution >= 0.6 is 0 Å². The van der Waals surface area contributed by atoms with E-state index in [1.165, 1.54) is 24.5 Å². The van der Waals surface area contributed by atoms with Crippen molar-refractivity contribution in [2.75, 3.05) is 6.61 Å². The van der Waals surface area contributed by atoms with E-state index in [9.17, 15) is 18.0 Å². The molecule has 3 N–H and O–H groups in total. The fourth-order valence-electron chi connectivity index (χ4n) is 1.97. The predicted molar refractivity (Wildman–Crippen MR) is 105 cm³/mol. The summed E-state index contributed by atoms with van der Waals surface area (Å²) in [7, 11) is 0. The first-order chi connectivity index (χ1) is 13.2. The monoisotopic (exact) mass is 412 g/mol. The smallest absolute Gasteiger partial charge is 0.422 e. The molecule has 29 heavy (non-hydrogen) atoms. The number of aryl methyl sites for hydroxylation is 1. The Morgan fingerprint density at radius 2 is 1.86 bits per heavy atom. The number of alkyl halides is 3. The molecule has 1 heterocycles. The van der Waals surface area contributed by atoms with Crippen molar-refractivity contribution in [3.63, 3.8) is 0 Å². The molecule has 1 amide bonds. The molecule has 0 radical (unpaired) electrons. The van der Waals surface area contributed by atoms with Crippen LogP contribution in [0.3, 0.4) is 0 Å². The summed E-state index contributed by atoms with van der Waals surface area (Å²) >= 11 is 0. The van der Waals surface area contributed by atoms with Gasteiger partial charge >= 0.3 is 6.18 Å². The molecule has 0 fully saturated rings. The number of carbonyl (C=O) groups is 1. The molecule has 0 aliphatic carbocycles. The lowest BCUT2D eigenvalue weighted by Crippen LogP contribution is -2.27. The minimum absolute atomic E-state index is 0. The zero-order valence-electron chi connectivity index (χ0n) is 17.2. The lowest BCUT2D eigenvalue weighted by atomic mass is 10.1. The molecule has 0 saturated heterocycles. The number of aromatic nitrogens is 2. The van der Waals surface area contributed by atoms with E-state index in [0.717, 1.165) is 0 Å². The summed E-state index contributed by atoms with van der Waals surface area (Å²) in [6.07, 6.45) is -1.53. The zero-order valence-corrected chi connectivity index (χ0v) is 17.2. The number of amides is 1. The lowest BCUT2D eigenvalue weighted by molar-refractivity contribution is -0.153. The van der Waals surface area contributed by atoms with Crippen LogP contribution in [-0.4, -0.2) is 34.2 Å². The Bertz CT molecular complexity index is 799. The zero-order chi connectivity index (χ0) is 22.2. The van der Waals surface area contributed by atoms with Crippen molar-refractivity contribution in [2.24, 2.45) is 5.73 Å². The second kappa shape index (κ2) is 10.2. The van der Waals surface area contributed by atoms with E-state index in [2.05, 4.69) is 15.3 Å². The second-order valence-corrected chi connectivity index (χ2v) is 7.58. The molecule has 0 saturated carbocycles. The number of hydrogen-bond acceptors (Lipinski definition) is 5. The highest BCUT2D eigenvalue weighted by Crippen LogP contribution is 2.22. The number of hydrogen-bond donors (Lipinski definition) is 2. The third kappa shape index (κ3) is 11.0. The van der Waals surface area contributed by atoms with Crippen molar-refractivity contribution < 1.29 is 22.7 Å². The van der Waals surface area contributed by atoms with Gasteiger partial charge in [0.1, 0.15) is 11.4 Å². The molecule has 2 rings (SSSR count). The fourth-order valence-corrected chi connectivity index (χ4v) is 1.97. The maximum absolute atomic E-state index is 12.2. The topological polar surface area (TPSA) is 90.1 Å². The highest BCUT2D eigenvalue weighted by molar-refractivity contribution is 5.92. The van der Waals surface area contributed by atoms with Gasteiger partial charge in [0.25, 0.3) is 5.91 Å². The number of halogens is 3. The molecule has 0 bridgehead atoms. The van der Waals surface area contributed by atoms with Crippen LogP contribution in [0.4, 0.5) is 13.2 Å². The Hall–Kier alpha value is -2.68. The van der Waals surface area contributed by atoms with E-state index >= 15 is 0 Å². The van der Waals surface area contributed by atoms with Crippen molar-refractivity contribution in [2.45, 2.75) is 52.4 Å². The normalized spacial score (nSPS) is 12.4. The van der Waals surface area contributed by atoms with E-state index in [1.807, 2.05) is 20.8 Å². The molecule has 160 valence electrons. The van der Waals surface area contributed by atoms with E-state index in [-0.39, 0.29) is 17.0 Å². The summed E-state index contributed by atoms with van der Waals surface area (Å²) < 4.78 is 41.3. The third-order valence-electron chi connectivity index (χ3n) is 3.10. The van der Waals surface area contributed by atoms with Gasteiger partial charge in [-0.1, -0.05) is 12.1 Å². The van der Waals surface area contributed by atoms with Gasteiger partial charge in [-0.25, -0.2) is 4.98 Å². The first-order valence-corrected chi connectivity index (χ1v) is 8.92. The van der Waals surface area contributed by atoms with E-state index in [0.29, 0.717) is 11.3 Å². The highest BCUT2D eigenvalue weighted by atomic mass is 19.4. The Labute approximate surface area is 168 Å². The van der Waals surface area contributed by atoms with Crippen molar-refractivity contribution >= 4 is 5.91 Å². The Morgan fingerprint density at radius 1 is 1.24 bits per heavy atom. The van der Waals surface area contributed by atoms with Crippen molar-refractivity contribution in [3.05, 3.63) is 53.6 Å². The Kier molecular flexibility index (Phi) is 8.57. The van der Waals surface area contributed by atoms with Gasteiger partial charge in [-0.15, -0.1) is 0 Å². The van der Waals surface area contributed by atoms with E-state index in [4.69, 9.17) is 10.5 Å². The van der Waals surface area contributed by atoms with Crippen molar-refractivity contribution in [3.8, 4) is 5.75 Å². The number of carbonyl (C=O) groups excluding carboxylic acids is 1. The summed E-state index contributed by atoms with van der Waals surface area (Å²) in [5.41, 5.74) is 6.75. The summed E-state index contributed by atoms with van der Waals surface area (Å²) in [6, 6.07) is 5.70. The third-order valence-corrected chi connectivity index (χ3v) is 3.10. The van der Waals surface area contributed by atoms with Gasteiger partial charge in [0, 0.05) is 11.7 Å².